The molecule has 1 amide bonds. The number of unbranched alkanes of at least 4 members (excludes halogenated alkanes) is 2. The number of nitrogens with zero attached hydrogens (tertiary/aromatic N) is 1. The van der Waals surface area contributed by atoms with Crippen LogP contribution in [0.5, 0.6) is 17.2 Å². The van der Waals surface area contributed by atoms with Gasteiger partial charge >= 0.3 is 0 Å². The van der Waals surface area contributed by atoms with Crippen LogP contribution in [0.3, 0.4) is 0 Å². The fourth-order valence-electron chi connectivity index (χ4n) is 4.99. The summed E-state index contributed by atoms with van der Waals surface area (Å²) in [7, 11) is 0. The van der Waals surface area contributed by atoms with Crippen LogP contribution in [-0.2, 0) is 16.0 Å². The van der Waals surface area contributed by atoms with Gasteiger partial charge in [0.2, 0.25) is 0 Å². The number of ketones is 1. The number of Topliss-reactive ketones (excluding diaryl/α,β-unsaturated/α-hetero) is 1. The van der Waals surface area contributed by atoms with Crippen LogP contribution in [0.2, 0.25) is 0 Å². The van der Waals surface area contributed by atoms with Gasteiger partial charge in [0, 0.05) is 12.1 Å². The van der Waals surface area contributed by atoms with Gasteiger partial charge in [0.1, 0.15) is 24.7 Å². The Hall–Kier alpha value is -4.26. The summed E-state index contributed by atoms with van der Waals surface area (Å²) < 4.78 is 17.1. The molecular weight excluding hydrogens is 494 g/mol. The summed E-state index contributed by atoms with van der Waals surface area (Å²) in [5, 5.41) is 11.4. The first-order chi connectivity index (χ1) is 19.1. The van der Waals surface area contributed by atoms with Crippen LogP contribution in [0.4, 0.5) is 0 Å². The van der Waals surface area contributed by atoms with Crippen molar-refractivity contribution in [3.63, 3.8) is 0 Å². The monoisotopic (exact) mass is 527 g/mol. The van der Waals surface area contributed by atoms with Crippen molar-refractivity contribution in [2.45, 2.75) is 38.6 Å². The number of aliphatic hydroxyl groups is 1. The van der Waals surface area contributed by atoms with Crippen molar-refractivity contribution in [3.8, 4) is 17.2 Å². The minimum absolute atomic E-state index is 0.0568. The van der Waals surface area contributed by atoms with E-state index in [1.165, 1.54) is 0 Å². The van der Waals surface area contributed by atoms with Crippen molar-refractivity contribution in [3.05, 3.63) is 95.1 Å². The summed E-state index contributed by atoms with van der Waals surface area (Å²) in [6.45, 7) is 3.95. The van der Waals surface area contributed by atoms with E-state index < -0.39 is 17.7 Å². The lowest BCUT2D eigenvalue weighted by molar-refractivity contribution is -0.139. The molecule has 1 atom stereocenters. The molecule has 7 nitrogen and oxygen atoms in total. The van der Waals surface area contributed by atoms with Crippen molar-refractivity contribution in [2.24, 2.45) is 0 Å². The molecule has 7 heteroatoms. The zero-order valence-corrected chi connectivity index (χ0v) is 22.1. The number of carbonyl (C=O) groups is 2. The van der Waals surface area contributed by atoms with Crippen LogP contribution in [0.25, 0.3) is 5.76 Å². The number of likely N-dealkylation sites (tertiary alicyclic amines) is 1. The number of hydrogen-bond acceptors (Lipinski definition) is 6. The molecule has 39 heavy (non-hydrogen) atoms. The number of carbonyl (C=O) groups excluding carboxylic acids is 2. The summed E-state index contributed by atoms with van der Waals surface area (Å²) >= 11 is 0. The van der Waals surface area contributed by atoms with E-state index >= 15 is 0 Å². The number of rotatable bonds is 10. The van der Waals surface area contributed by atoms with Gasteiger partial charge in [-0.05, 0) is 54.3 Å². The molecule has 2 aliphatic rings. The number of fused-ring (bicyclic) bond motifs is 1. The van der Waals surface area contributed by atoms with Crippen LogP contribution in [0, 0.1) is 0 Å². The van der Waals surface area contributed by atoms with Crippen LogP contribution in [0.15, 0.2) is 78.4 Å². The Labute approximate surface area is 228 Å². The zero-order valence-electron chi connectivity index (χ0n) is 22.1. The first-order valence-electron chi connectivity index (χ1n) is 13.5. The third-order valence-corrected chi connectivity index (χ3v) is 7.05. The molecule has 0 radical (unpaired) electrons. The second-order valence-electron chi connectivity index (χ2n) is 9.71. The molecule has 0 spiro atoms. The first kappa shape index (κ1) is 26.4. The largest absolute Gasteiger partial charge is 0.507 e. The zero-order chi connectivity index (χ0) is 27.2. The molecule has 1 fully saturated rings. The average molecular weight is 528 g/mol. The van der Waals surface area contributed by atoms with Gasteiger partial charge in [-0.25, -0.2) is 0 Å². The van der Waals surface area contributed by atoms with Crippen LogP contribution >= 0.6 is 0 Å². The van der Waals surface area contributed by atoms with E-state index in [4.69, 9.17) is 14.2 Å². The summed E-state index contributed by atoms with van der Waals surface area (Å²) in [4.78, 5) is 28.3. The first-order valence-corrected chi connectivity index (χ1v) is 13.5. The van der Waals surface area contributed by atoms with E-state index in [0.29, 0.717) is 49.8 Å². The van der Waals surface area contributed by atoms with Crippen LogP contribution in [0.1, 0.15) is 48.9 Å². The average Bonchev–Trinajstić information content (AvgIpc) is 3.23. The van der Waals surface area contributed by atoms with Crippen molar-refractivity contribution in [1.82, 2.24) is 4.90 Å². The van der Waals surface area contributed by atoms with Gasteiger partial charge in [0.05, 0.1) is 18.2 Å². The van der Waals surface area contributed by atoms with Gasteiger partial charge in [-0.15, -0.1) is 0 Å². The van der Waals surface area contributed by atoms with E-state index in [0.717, 1.165) is 36.1 Å². The van der Waals surface area contributed by atoms with Crippen LogP contribution < -0.4 is 14.2 Å². The van der Waals surface area contributed by atoms with E-state index in [1.807, 2.05) is 54.6 Å². The molecule has 2 heterocycles. The Morgan fingerprint density at radius 2 is 1.69 bits per heavy atom. The van der Waals surface area contributed by atoms with Gasteiger partial charge in [0.15, 0.2) is 11.5 Å². The standard InChI is InChI=1S/C32H33NO6/c1-2-3-7-18-37-25-13-10-23(11-14-25)29-28(30(34)24-12-15-26-27(21-24)39-20-19-38-26)31(35)32(36)33(29)17-16-22-8-5-4-6-9-22/h4-6,8-15,21,29,34H,2-3,7,16-20H2,1H3/t29-/m0/s1. The third kappa shape index (κ3) is 5.77. The van der Waals surface area contributed by atoms with Crippen molar-refractivity contribution < 1.29 is 28.9 Å². The molecule has 0 aromatic heterocycles. The third-order valence-electron chi connectivity index (χ3n) is 7.05. The van der Waals surface area contributed by atoms with E-state index in [2.05, 4.69) is 6.92 Å². The number of hydrogen-bond donors (Lipinski definition) is 1. The Morgan fingerprint density at radius 1 is 0.949 bits per heavy atom. The summed E-state index contributed by atoms with van der Waals surface area (Å²) in [6, 6.07) is 21.5. The highest BCUT2D eigenvalue weighted by atomic mass is 16.6. The minimum atomic E-state index is -0.740. The SMILES string of the molecule is CCCCCOc1ccc([C@H]2C(=C(O)c3ccc4c(c3)OCCO4)C(=O)C(=O)N2CCc2ccccc2)cc1. The van der Waals surface area contributed by atoms with Crippen molar-refractivity contribution >= 4 is 17.4 Å². The second-order valence-corrected chi connectivity index (χ2v) is 9.71. The second kappa shape index (κ2) is 12.1. The maximum atomic E-state index is 13.4. The predicted molar refractivity (Wildman–Crippen MR) is 148 cm³/mol. The molecule has 1 saturated heterocycles. The molecule has 0 unspecified atom stereocenters. The molecule has 3 aromatic carbocycles. The molecule has 0 aliphatic carbocycles. The van der Waals surface area contributed by atoms with E-state index in [9.17, 15) is 14.7 Å². The lowest BCUT2D eigenvalue weighted by Gasteiger charge is -2.26. The number of aliphatic hydroxyl groups excluding tert-OH is 1. The van der Waals surface area contributed by atoms with Crippen LogP contribution in [-0.4, -0.2) is 48.1 Å². The number of benzene rings is 3. The number of amides is 1. The molecule has 202 valence electrons. The quantitative estimate of drug-likeness (QED) is 0.158. The maximum Gasteiger partial charge on any atom is 0.295 e. The van der Waals surface area contributed by atoms with Crippen molar-refractivity contribution in [1.29, 1.82) is 0 Å². The highest BCUT2D eigenvalue weighted by molar-refractivity contribution is 6.46. The highest BCUT2D eigenvalue weighted by Gasteiger charge is 2.46. The Kier molecular flexibility index (Phi) is 8.16. The highest BCUT2D eigenvalue weighted by Crippen LogP contribution is 2.41. The molecule has 5 rings (SSSR count). The summed E-state index contributed by atoms with van der Waals surface area (Å²) in [6.07, 6.45) is 3.78. The molecule has 2 aliphatic heterocycles. The lowest BCUT2D eigenvalue weighted by Crippen LogP contribution is -2.31. The Morgan fingerprint density at radius 3 is 2.44 bits per heavy atom. The summed E-state index contributed by atoms with van der Waals surface area (Å²) in [5.74, 6) is 0.215. The molecule has 0 bridgehead atoms. The maximum absolute atomic E-state index is 13.4. The normalized spacial score (nSPS) is 17.9. The molecule has 1 N–H and O–H groups in total. The van der Waals surface area contributed by atoms with E-state index in [1.54, 1.807) is 23.1 Å². The number of ether oxygens (including phenoxy) is 3. The van der Waals surface area contributed by atoms with E-state index in [-0.39, 0.29) is 11.3 Å². The van der Waals surface area contributed by atoms with Crippen molar-refractivity contribution in [2.75, 3.05) is 26.4 Å². The van der Waals surface area contributed by atoms with Gasteiger partial charge in [0.25, 0.3) is 11.7 Å². The van der Waals surface area contributed by atoms with Gasteiger partial charge in [-0.2, -0.15) is 0 Å². The van der Waals surface area contributed by atoms with Gasteiger partial charge in [-0.1, -0.05) is 62.2 Å². The summed E-state index contributed by atoms with van der Waals surface area (Å²) in [5.41, 5.74) is 2.23. The molecule has 3 aromatic rings. The topological polar surface area (TPSA) is 85.3 Å². The fraction of sp³-hybridized carbons (Fsp3) is 0.312. The predicted octanol–water partition coefficient (Wildman–Crippen LogP) is 5.69. The fourth-order valence-corrected chi connectivity index (χ4v) is 4.99. The molecular formula is C32H33NO6. The van der Waals surface area contributed by atoms with Gasteiger partial charge in [-0.3, -0.25) is 9.59 Å². The molecule has 0 saturated carbocycles. The Balaban J connectivity index is 1.49. The Bertz CT molecular complexity index is 1350. The van der Waals surface area contributed by atoms with Gasteiger partial charge < -0.3 is 24.2 Å². The lowest BCUT2D eigenvalue weighted by atomic mass is 9.95. The minimum Gasteiger partial charge on any atom is -0.507 e. The smallest absolute Gasteiger partial charge is 0.295 e.